The minimum Gasteiger partial charge on any atom is -0.497 e. The molecule has 1 heterocycles. The molecule has 140 valence electrons. The third-order valence-electron chi connectivity index (χ3n) is 3.88. The van der Waals surface area contributed by atoms with Crippen molar-refractivity contribution in [1.29, 1.82) is 0 Å². The minimum atomic E-state index is -0.300. The number of nitrogens with zero attached hydrogens (tertiary/aromatic N) is 2. The highest BCUT2D eigenvalue weighted by atomic mass is 16.5. The number of nitrogens with one attached hydrogen (secondary N) is 1. The van der Waals surface area contributed by atoms with Crippen LogP contribution in [-0.2, 0) is 16.0 Å². The van der Waals surface area contributed by atoms with Gasteiger partial charge in [0.25, 0.3) is 0 Å². The van der Waals surface area contributed by atoms with E-state index in [2.05, 4.69) is 28.8 Å². The first-order chi connectivity index (χ1) is 12.5. The Morgan fingerprint density at radius 1 is 1.23 bits per heavy atom. The van der Waals surface area contributed by atoms with E-state index in [0.29, 0.717) is 18.3 Å². The molecule has 0 atom stereocenters. The van der Waals surface area contributed by atoms with Gasteiger partial charge in [-0.15, -0.1) is 0 Å². The predicted molar refractivity (Wildman–Crippen MR) is 97.9 cm³/mol. The van der Waals surface area contributed by atoms with Crippen LogP contribution in [0, 0.1) is 5.92 Å². The van der Waals surface area contributed by atoms with Crippen LogP contribution in [-0.4, -0.2) is 42.1 Å². The van der Waals surface area contributed by atoms with E-state index in [-0.39, 0.29) is 24.8 Å². The van der Waals surface area contributed by atoms with Crippen LogP contribution >= 0.6 is 0 Å². The molecule has 7 heteroatoms. The van der Waals surface area contributed by atoms with Crippen molar-refractivity contribution >= 4 is 17.6 Å². The molecule has 1 N–H and O–H groups in total. The van der Waals surface area contributed by atoms with Crippen molar-refractivity contribution in [3.05, 3.63) is 42.2 Å². The summed E-state index contributed by atoms with van der Waals surface area (Å²) in [6.45, 7) is 4.68. The molecular weight excluding hydrogens is 334 g/mol. The quantitative estimate of drug-likeness (QED) is 0.744. The molecule has 0 unspecified atom stereocenters. The Morgan fingerprint density at radius 2 is 1.96 bits per heavy atom. The second kappa shape index (κ2) is 9.60. The number of amides is 2. The lowest BCUT2D eigenvalue weighted by Crippen LogP contribution is -2.40. The van der Waals surface area contributed by atoms with Crippen LogP contribution < -0.4 is 10.1 Å². The van der Waals surface area contributed by atoms with Crippen molar-refractivity contribution in [3.8, 4) is 5.75 Å². The molecule has 7 nitrogen and oxygen atoms in total. The van der Waals surface area contributed by atoms with E-state index in [1.165, 1.54) is 6.26 Å². The van der Waals surface area contributed by atoms with Crippen LogP contribution in [0.4, 0.5) is 5.82 Å². The number of carbonyl (C=O) groups is 2. The smallest absolute Gasteiger partial charge is 0.245 e. The van der Waals surface area contributed by atoms with E-state index in [1.54, 1.807) is 18.1 Å². The van der Waals surface area contributed by atoms with Crippen LogP contribution in [0.15, 0.2) is 41.1 Å². The van der Waals surface area contributed by atoms with Crippen LogP contribution in [0.5, 0.6) is 5.75 Å². The summed E-state index contributed by atoms with van der Waals surface area (Å²) in [7, 11) is 1.60. The van der Waals surface area contributed by atoms with Crippen LogP contribution in [0.2, 0.25) is 0 Å². The third-order valence-corrected chi connectivity index (χ3v) is 3.88. The van der Waals surface area contributed by atoms with Gasteiger partial charge in [-0.3, -0.25) is 9.59 Å². The van der Waals surface area contributed by atoms with Gasteiger partial charge in [-0.25, -0.2) is 0 Å². The first-order valence-corrected chi connectivity index (χ1v) is 8.59. The zero-order valence-corrected chi connectivity index (χ0v) is 15.4. The van der Waals surface area contributed by atoms with E-state index >= 15 is 0 Å². The Hall–Kier alpha value is -2.83. The van der Waals surface area contributed by atoms with Crippen molar-refractivity contribution in [3.63, 3.8) is 0 Å². The summed E-state index contributed by atoms with van der Waals surface area (Å²) in [6.07, 6.45) is 2.44. The highest BCUT2D eigenvalue weighted by molar-refractivity contribution is 5.94. The number of benzene rings is 1. The van der Waals surface area contributed by atoms with Gasteiger partial charge in [-0.2, -0.15) is 0 Å². The molecule has 2 rings (SSSR count). The van der Waals surface area contributed by atoms with E-state index in [1.807, 2.05) is 24.3 Å². The number of carbonyl (C=O) groups excluding carboxylic acids is 2. The number of anilines is 1. The number of aromatic nitrogens is 1. The van der Waals surface area contributed by atoms with Crippen LogP contribution in [0.3, 0.4) is 0 Å². The van der Waals surface area contributed by atoms with E-state index < -0.39 is 0 Å². The summed E-state index contributed by atoms with van der Waals surface area (Å²) in [5.74, 6) is 1.12. The molecule has 0 aliphatic heterocycles. The van der Waals surface area contributed by atoms with E-state index in [0.717, 1.165) is 17.7 Å². The first kappa shape index (κ1) is 19.5. The molecular formula is C19H25N3O4. The second-order valence-corrected chi connectivity index (χ2v) is 6.46. The standard InChI is InChI=1S/C19H25N3O4/c1-14(2)8-10-22(13-18(23)20-17-9-11-26-21-17)19(24)12-15-4-6-16(25-3)7-5-15/h4-7,9,11,14H,8,10,12-13H2,1-3H3,(H,20,21,23). The second-order valence-electron chi connectivity index (χ2n) is 6.46. The topological polar surface area (TPSA) is 84.7 Å². The number of methoxy groups -OCH3 is 1. The minimum absolute atomic E-state index is 0.0193. The molecule has 1 aromatic carbocycles. The van der Waals surface area contributed by atoms with Crippen molar-refractivity contribution in [2.45, 2.75) is 26.7 Å². The average molecular weight is 359 g/mol. The van der Waals surface area contributed by atoms with E-state index in [4.69, 9.17) is 4.74 Å². The zero-order chi connectivity index (χ0) is 18.9. The van der Waals surface area contributed by atoms with Crippen LogP contribution in [0.25, 0.3) is 0 Å². The predicted octanol–water partition coefficient (Wildman–Crippen LogP) is 2.74. The summed E-state index contributed by atoms with van der Waals surface area (Å²) in [5.41, 5.74) is 0.877. The molecule has 0 bridgehead atoms. The first-order valence-electron chi connectivity index (χ1n) is 8.59. The van der Waals surface area contributed by atoms with Crippen molar-refractivity contribution < 1.29 is 18.8 Å². The Bertz CT molecular complexity index is 696. The molecule has 0 aliphatic carbocycles. The molecule has 0 radical (unpaired) electrons. The van der Waals surface area contributed by atoms with Crippen molar-refractivity contribution in [2.24, 2.45) is 5.92 Å². The molecule has 26 heavy (non-hydrogen) atoms. The van der Waals surface area contributed by atoms with Gasteiger partial charge >= 0.3 is 0 Å². The molecule has 2 aromatic rings. The molecule has 0 saturated carbocycles. The fourth-order valence-electron chi connectivity index (χ4n) is 2.37. The van der Waals surface area contributed by atoms with Gasteiger partial charge < -0.3 is 19.5 Å². The van der Waals surface area contributed by atoms with Gasteiger partial charge in [0, 0.05) is 12.6 Å². The van der Waals surface area contributed by atoms with Gasteiger partial charge in [0.05, 0.1) is 20.1 Å². The molecule has 0 aliphatic rings. The fraction of sp³-hybridized carbons (Fsp3) is 0.421. The van der Waals surface area contributed by atoms with Gasteiger partial charge in [0.15, 0.2) is 5.82 Å². The lowest BCUT2D eigenvalue weighted by Gasteiger charge is -2.23. The number of ether oxygens (including phenoxy) is 1. The van der Waals surface area contributed by atoms with Crippen LogP contribution in [0.1, 0.15) is 25.8 Å². The molecule has 1 aromatic heterocycles. The Balaban J connectivity index is 1.99. The molecule has 2 amide bonds. The van der Waals surface area contributed by atoms with Crippen molar-refractivity contribution in [2.75, 3.05) is 25.5 Å². The highest BCUT2D eigenvalue weighted by Crippen LogP contribution is 2.13. The van der Waals surface area contributed by atoms with Gasteiger partial charge in [0.1, 0.15) is 12.0 Å². The monoisotopic (exact) mass is 359 g/mol. The summed E-state index contributed by atoms with van der Waals surface area (Å²) in [4.78, 5) is 26.5. The summed E-state index contributed by atoms with van der Waals surface area (Å²) in [5, 5.41) is 6.26. The third kappa shape index (κ3) is 6.23. The zero-order valence-electron chi connectivity index (χ0n) is 15.4. The molecule has 0 fully saturated rings. The molecule has 0 spiro atoms. The average Bonchev–Trinajstić information content (AvgIpc) is 3.11. The number of rotatable bonds is 9. The maximum absolute atomic E-state index is 12.7. The van der Waals surface area contributed by atoms with E-state index in [9.17, 15) is 9.59 Å². The van der Waals surface area contributed by atoms with Gasteiger partial charge in [0.2, 0.25) is 11.8 Å². The Labute approximate surface area is 153 Å². The number of hydrogen-bond donors (Lipinski definition) is 1. The van der Waals surface area contributed by atoms with Crippen molar-refractivity contribution in [1.82, 2.24) is 10.1 Å². The van der Waals surface area contributed by atoms with Gasteiger partial charge in [-0.05, 0) is 30.0 Å². The normalized spacial score (nSPS) is 10.6. The maximum atomic E-state index is 12.7. The maximum Gasteiger partial charge on any atom is 0.245 e. The summed E-state index contributed by atoms with van der Waals surface area (Å²) < 4.78 is 9.82. The highest BCUT2D eigenvalue weighted by Gasteiger charge is 2.18. The SMILES string of the molecule is COc1ccc(CC(=O)N(CCC(C)C)CC(=O)Nc2ccon2)cc1. The fourth-order valence-corrected chi connectivity index (χ4v) is 2.37. The Morgan fingerprint density at radius 3 is 2.54 bits per heavy atom. The summed E-state index contributed by atoms with van der Waals surface area (Å²) >= 11 is 0. The lowest BCUT2D eigenvalue weighted by atomic mass is 10.1. The largest absolute Gasteiger partial charge is 0.497 e. The molecule has 0 saturated heterocycles. The number of hydrogen-bond acceptors (Lipinski definition) is 5. The summed E-state index contributed by atoms with van der Waals surface area (Å²) in [6, 6.07) is 8.89. The Kier molecular flexibility index (Phi) is 7.20. The van der Waals surface area contributed by atoms with Gasteiger partial charge in [-0.1, -0.05) is 31.1 Å². The lowest BCUT2D eigenvalue weighted by molar-refractivity contribution is -0.134.